The molecule has 0 aliphatic heterocycles. The summed E-state index contributed by atoms with van der Waals surface area (Å²) < 4.78 is -0.175. The average molecular weight is 357 g/mol. The van der Waals surface area contributed by atoms with Gasteiger partial charge in [-0.3, -0.25) is 0 Å². The van der Waals surface area contributed by atoms with Gasteiger partial charge in [-0.2, -0.15) is 12.6 Å². The molecule has 0 aromatic heterocycles. The summed E-state index contributed by atoms with van der Waals surface area (Å²) in [5, 5.41) is 9.61. The maximum atomic E-state index is 9.61. The molecular weight excluding hydrogens is 312 g/mol. The lowest BCUT2D eigenvalue weighted by atomic mass is 9.83. The summed E-state index contributed by atoms with van der Waals surface area (Å²) >= 11 is 4.75. The van der Waals surface area contributed by atoms with Gasteiger partial charge in [-0.25, -0.2) is 0 Å². The zero-order chi connectivity index (χ0) is 18.1. The van der Waals surface area contributed by atoms with E-state index in [0.29, 0.717) is 5.92 Å². The molecule has 0 bridgehead atoms. The molecule has 0 saturated carbocycles. The van der Waals surface area contributed by atoms with Crippen LogP contribution in [0.15, 0.2) is 12.2 Å². The largest absolute Gasteiger partial charge is 0.395 e. The first-order chi connectivity index (χ1) is 11.6. The van der Waals surface area contributed by atoms with Crippen LogP contribution in [0.2, 0.25) is 0 Å². The fraction of sp³-hybridized carbons (Fsp3) is 0.909. The molecule has 0 saturated heterocycles. The van der Waals surface area contributed by atoms with Crippen LogP contribution in [-0.2, 0) is 0 Å². The van der Waals surface area contributed by atoms with E-state index in [-0.39, 0.29) is 11.4 Å². The SMILES string of the molecule is CCCCCCCC/C=C\CCCCCC(CC)C(S)(CC)CO. The number of aliphatic hydroxyl groups is 1. The zero-order valence-electron chi connectivity index (χ0n) is 16.7. The summed E-state index contributed by atoms with van der Waals surface area (Å²) in [4.78, 5) is 0. The van der Waals surface area contributed by atoms with E-state index >= 15 is 0 Å². The lowest BCUT2D eigenvalue weighted by molar-refractivity contribution is 0.188. The Morgan fingerprint density at radius 1 is 0.833 bits per heavy atom. The van der Waals surface area contributed by atoms with Crippen LogP contribution >= 0.6 is 12.6 Å². The van der Waals surface area contributed by atoms with Gasteiger partial charge in [-0.15, -0.1) is 0 Å². The van der Waals surface area contributed by atoms with Crippen molar-refractivity contribution in [1.82, 2.24) is 0 Å². The average Bonchev–Trinajstić information content (AvgIpc) is 2.61. The highest BCUT2D eigenvalue weighted by atomic mass is 32.1. The predicted octanol–water partition coefficient (Wildman–Crippen LogP) is 7.34. The molecule has 0 heterocycles. The second kappa shape index (κ2) is 16.5. The van der Waals surface area contributed by atoms with Crippen LogP contribution < -0.4 is 0 Å². The first-order valence-electron chi connectivity index (χ1n) is 10.6. The van der Waals surface area contributed by atoms with Crippen molar-refractivity contribution in [2.24, 2.45) is 5.92 Å². The van der Waals surface area contributed by atoms with E-state index < -0.39 is 0 Å². The summed E-state index contributed by atoms with van der Waals surface area (Å²) in [6, 6.07) is 0. The van der Waals surface area contributed by atoms with Crippen LogP contribution in [0.25, 0.3) is 0 Å². The molecule has 2 unspecified atom stereocenters. The van der Waals surface area contributed by atoms with Crippen LogP contribution in [0, 0.1) is 5.92 Å². The lowest BCUT2D eigenvalue weighted by Crippen LogP contribution is -2.35. The summed E-state index contributed by atoms with van der Waals surface area (Å²) in [5.41, 5.74) is 0. The van der Waals surface area contributed by atoms with Gasteiger partial charge in [0.1, 0.15) is 0 Å². The Balaban J connectivity index is 3.57. The van der Waals surface area contributed by atoms with Gasteiger partial charge in [0, 0.05) is 4.75 Å². The highest BCUT2D eigenvalue weighted by Crippen LogP contribution is 2.34. The summed E-state index contributed by atoms with van der Waals surface area (Å²) in [5.74, 6) is 0.541. The molecule has 1 N–H and O–H groups in total. The van der Waals surface area contributed by atoms with Crippen LogP contribution in [0.5, 0.6) is 0 Å². The van der Waals surface area contributed by atoms with Gasteiger partial charge in [0.25, 0.3) is 0 Å². The van der Waals surface area contributed by atoms with E-state index in [1.165, 1.54) is 77.0 Å². The number of rotatable bonds is 17. The first kappa shape index (κ1) is 24.1. The third-order valence-corrected chi connectivity index (χ3v) is 6.28. The molecule has 0 spiro atoms. The summed E-state index contributed by atoms with van der Waals surface area (Å²) in [7, 11) is 0. The van der Waals surface area contributed by atoms with Crippen LogP contribution in [0.3, 0.4) is 0 Å². The highest BCUT2D eigenvalue weighted by molar-refractivity contribution is 7.81. The van der Waals surface area contributed by atoms with Gasteiger partial charge in [0.05, 0.1) is 6.61 Å². The molecule has 0 aliphatic rings. The molecule has 0 aliphatic carbocycles. The predicted molar refractivity (Wildman–Crippen MR) is 113 cm³/mol. The number of hydrogen-bond acceptors (Lipinski definition) is 2. The zero-order valence-corrected chi connectivity index (χ0v) is 17.6. The maximum Gasteiger partial charge on any atom is 0.0578 e. The van der Waals surface area contributed by atoms with Gasteiger partial charge in [-0.1, -0.05) is 84.3 Å². The monoisotopic (exact) mass is 356 g/mol. The van der Waals surface area contributed by atoms with Gasteiger partial charge in [0.15, 0.2) is 0 Å². The summed E-state index contributed by atoms with van der Waals surface area (Å²) in [6.07, 6.45) is 22.7. The third-order valence-electron chi connectivity index (χ3n) is 5.45. The summed E-state index contributed by atoms with van der Waals surface area (Å²) in [6.45, 7) is 6.84. The fourth-order valence-electron chi connectivity index (χ4n) is 3.49. The van der Waals surface area contributed by atoms with E-state index in [9.17, 15) is 5.11 Å². The van der Waals surface area contributed by atoms with Crippen LogP contribution in [-0.4, -0.2) is 16.5 Å². The normalized spacial score (nSPS) is 15.7. The van der Waals surface area contributed by atoms with E-state index in [0.717, 1.165) is 12.8 Å². The molecule has 144 valence electrons. The molecule has 0 radical (unpaired) electrons. The number of allylic oxidation sites excluding steroid dienone is 2. The Hall–Kier alpha value is 0.0500. The van der Waals surface area contributed by atoms with Crippen molar-refractivity contribution in [3.8, 4) is 0 Å². The second-order valence-corrected chi connectivity index (χ2v) is 8.28. The molecule has 24 heavy (non-hydrogen) atoms. The van der Waals surface area contributed by atoms with Crippen LogP contribution in [0.4, 0.5) is 0 Å². The van der Waals surface area contributed by atoms with Crippen LogP contribution in [0.1, 0.15) is 111 Å². The Bertz CT molecular complexity index is 284. The Labute approximate surface area is 158 Å². The van der Waals surface area contributed by atoms with E-state index in [4.69, 9.17) is 12.6 Å². The number of hydrogen-bond donors (Lipinski definition) is 2. The molecule has 2 atom stereocenters. The van der Waals surface area contributed by atoms with Crippen molar-refractivity contribution in [2.75, 3.05) is 6.61 Å². The molecular formula is C22H44OS. The van der Waals surface area contributed by atoms with Gasteiger partial charge in [-0.05, 0) is 44.4 Å². The van der Waals surface area contributed by atoms with Crippen molar-refractivity contribution in [1.29, 1.82) is 0 Å². The standard InChI is InChI=1S/C22H44OS/c1-4-7-8-9-10-11-12-13-14-15-16-17-18-19-21(5-2)22(24,6-3)20-23/h13-14,21,23-24H,4-12,15-20H2,1-3H3/b14-13-. The van der Waals surface area contributed by atoms with Crippen molar-refractivity contribution >= 4 is 12.6 Å². The molecule has 0 rings (SSSR count). The Kier molecular flexibility index (Phi) is 16.5. The molecule has 0 aromatic carbocycles. The number of thiol groups is 1. The molecule has 0 fully saturated rings. The first-order valence-corrected chi connectivity index (χ1v) is 11.1. The maximum absolute atomic E-state index is 9.61. The van der Waals surface area contributed by atoms with E-state index in [1.807, 2.05) is 0 Å². The topological polar surface area (TPSA) is 20.2 Å². The number of aliphatic hydroxyl groups excluding tert-OH is 1. The minimum absolute atomic E-state index is 0.175. The smallest absolute Gasteiger partial charge is 0.0578 e. The van der Waals surface area contributed by atoms with Crippen molar-refractivity contribution in [3.63, 3.8) is 0 Å². The Morgan fingerprint density at radius 3 is 1.88 bits per heavy atom. The van der Waals surface area contributed by atoms with Gasteiger partial charge in [0.2, 0.25) is 0 Å². The van der Waals surface area contributed by atoms with Crippen molar-refractivity contribution < 1.29 is 5.11 Å². The minimum atomic E-state index is -0.175. The molecule has 0 aromatic rings. The second-order valence-electron chi connectivity index (χ2n) is 7.39. The quantitative estimate of drug-likeness (QED) is 0.159. The third kappa shape index (κ3) is 11.6. The van der Waals surface area contributed by atoms with Crippen molar-refractivity contribution in [3.05, 3.63) is 12.2 Å². The van der Waals surface area contributed by atoms with Crippen molar-refractivity contribution in [2.45, 2.75) is 115 Å². The molecule has 2 heteroatoms. The van der Waals surface area contributed by atoms with E-state index in [1.54, 1.807) is 0 Å². The Morgan fingerprint density at radius 2 is 1.38 bits per heavy atom. The van der Waals surface area contributed by atoms with Gasteiger partial charge < -0.3 is 5.11 Å². The fourth-order valence-corrected chi connectivity index (χ4v) is 3.80. The highest BCUT2D eigenvalue weighted by Gasteiger charge is 2.31. The van der Waals surface area contributed by atoms with E-state index in [2.05, 4.69) is 32.9 Å². The van der Waals surface area contributed by atoms with Gasteiger partial charge >= 0.3 is 0 Å². The lowest BCUT2D eigenvalue weighted by Gasteiger charge is -2.34. The minimum Gasteiger partial charge on any atom is -0.395 e. The molecule has 0 amide bonds. The molecule has 1 nitrogen and oxygen atoms in total. The number of unbranched alkanes of at least 4 members (excludes halogenated alkanes) is 9.